The van der Waals surface area contributed by atoms with E-state index in [1.807, 2.05) is 19.9 Å². The Kier molecular flexibility index (Phi) is 10.4. The minimum absolute atomic E-state index is 0.366. The standard InChI is InChI=1S/C17H33NO3/c1-5-9-10-11-12-16(19)14-18(7-3,8-4)13-15(6-2)17(20)21/h5,9,15-16,19H,6-8,10-14H2,1-4H3/b9-5+. The molecule has 2 unspecified atom stereocenters. The lowest BCUT2D eigenvalue weighted by Crippen LogP contribution is -2.56. The van der Waals surface area contributed by atoms with Crippen LogP contribution in [0, 0.1) is 5.92 Å². The molecule has 0 bridgehead atoms. The van der Waals surface area contributed by atoms with Gasteiger partial charge in [-0.3, -0.25) is 0 Å². The van der Waals surface area contributed by atoms with Gasteiger partial charge in [-0.25, -0.2) is 0 Å². The topological polar surface area (TPSA) is 60.4 Å². The van der Waals surface area contributed by atoms with Gasteiger partial charge in [-0.15, -0.1) is 0 Å². The number of quaternary nitrogens is 1. The van der Waals surface area contributed by atoms with Crippen LogP contribution in [-0.4, -0.2) is 47.8 Å². The highest BCUT2D eigenvalue weighted by molar-refractivity contribution is 5.67. The number of allylic oxidation sites excluding steroid dienone is 2. The Hall–Kier alpha value is -0.870. The third-order valence-corrected chi connectivity index (χ3v) is 4.52. The first-order valence-corrected chi connectivity index (χ1v) is 8.29. The van der Waals surface area contributed by atoms with Crippen molar-refractivity contribution in [3.05, 3.63) is 12.2 Å². The number of carboxylic acids is 1. The van der Waals surface area contributed by atoms with Gasteiger partial charge in [-0.1, -0.05) is 19.1 Å². The van der Waals surface area contributed by atoms with Crippen molar-refractivity contribution < 1.29 is 19.5 Å². The van der Waals surface area contributed by atoms with Crippen molar-refractivity contribution in [3.63, 3.8) is 0 Å². The molecule has 0 rings (SSSR count). The molecule has 0 fully saturated rings. The number of aliphatic carboxylic acids is 1. The van der Waals surface area contributed by atoms with Crippen LogP contribution in [0.1, 0.15) is 53.4 Å². The zero-order valence-electron chi connectivity index (χ0n) is 14.2. The molecule has 0 aromatic rings. The Morgan fingerprint density at radius 2 is 1.86 bits per heavy atom. The molecule has 0 aliphatic carbocycles. The highest BCUT2D eigenvalue weighted by atomic mass is 16.4. The van der Waals surface area contributed by atoms with Crippen molar-refractivity contribution in [2.24, 2.45) is 5.92 Å². The highest BCUT2D eigenvalue weighted by Crippen LogP contribution is 2.17. The average molecular weight is 299 g/mol. The summed E-state index contributed by atoms with van der Waals surface area (Å²) in [5.74, 6) is -1.40. The van der Waals surface area contributed by atoms with Gasteiger partial charge in [0.25, 0.3) is 0 Å². The molecule has 0 aromatic carbocycles. The molecule has 0 aliphatic heterocycles. The molecule has 1 N–H and O–H groups in total. The minimum Gasteiger partial charge on any atom is -0.550 e. The van der Waals surface area contributed by atoms with Crippen LogP contribution in [0.2, 0.25) is 0 Å². The fourth-order valence-electron chi connectivity index (χ4n) is 2.83. The Morgan fingerprint density at radius 1 is 1.24 bits per heavy atom. The van der Waals surface area contributed by atoms with Crippen LogP contribution in [-0.2, 0) is 4.79 Å². The number of rotatable bonds is 12. The number of aliphatic hydroxyl groups excluding tert-OH is 1. The molecule has 0 amide bonds. The smallest absolute Gasteiger partial charge is 0.105 e. The highest BCUT2D eigenvalue weighted by Gasteiger charge is 2.30. The third-order valence-electron chi connectivity index (χ3n) is 4.52. The van der Waals surface area contributed by atoms with Gasteiger partial charge in [0.1, 0.15) is 12.6 Å². The summed E-state index contributed by atoms with van der Waals surface area (Å²) in [6.45, 7) is 10.9. The number of hydrogen-bond acceptors (Lipinski definition) is 3. The summed E-state index contributed by atoms with van der Waals surface area (Å²) in [6, 6.07) is 0. The predicted octanol–water partition coefficient (Wildman–Crippen LogP) is 1.73. The van der Waals surface area contributed by atoms with Crippen LogP contribution in [0.5, 0.6) is 0 Å². The summed E-state index contributed by atoms with van der Waals surface area (Å²) >= 11 is 0. The molecular weight excluding hydrogens is 266 g/mol. The third kappa shape index (κ3) is 7.63. The first kappa shape index (κ1) is 20.1. The molecule has 4 heteroatoms. The second kappa shape index (κ2) is 10.8. The van der Waals surface area contributed by atoms with E-state index in [1.165, 1.54) is 0 Å². The average Bonchev–Trinajstić information content (AvgIpc) is 2.47. The van der Waals surface area contributed by atoms with E-state index in [0.29, 0.717) is 24.0 Å². The number of carbonyl (C=O) groups is 1. The summed E-state index contributed by atoms with van der Waals surface area (Å²) in [5.41, 5.74) is 0. The molecule has 0 saturated carbocycles. The molecular formula is C17H33NO3. The van der Waals surface area contributed by atoms with E-state index in [-0.39, 0.29) is 6.10 Å². The summed E-state index contributed by atoms with van der Waals surface area (Å²) in [5, 5.41) is 21.4. The monoisotopic (exact) mass is 299 g/mol. The molecule has 0 spiro atoms. The number of carbonyl (C=O) groups excluding carboxylic acids is 1. The molecule has 124 valence electrons. The van der Waals surface area contributed by atoms with E-state index >= 15 is 0 Å². The van der Waals surface area contributed by atoms with Gasteiger partial charge in [-0.2, -0.15) is 0 Å². The molecule has 21 heavy (non-hydrogen) atoms. The number of aliphatic hydroxyl groups is 1. The molecule has 4 nitrogen and oxygen atoms in total. The number of hydrogen-bond donors (Lipinski definition) is 1. The molecule has 0 radical (unpaired) electrons. The molecule has 0 saturated heterocycles. The maximum absolute atomic E-state index is 11.2. The van der Waals surface area contributed by atoms with Gasteiger partial charge in [0.2, 0.25) is 0 Å². The fraction of sp³-hybridized carbons (Fsp3) is 0.824. The van der Waals surface area contributed by atoms with Crippen LogP contribution in [0.15, 0.2) is 12.2 Å². The first-order chi connectivity index (χ1) is 9.94. The van der Waals surface area contributed by atoms with Crippen molar-refractivity contribution in [3.8, 4) is 0 Å². The number of unbranched alkanes of at least 4 members (excludes halogenated alkanes) is 1. The zero-order valence-corrected chi connectivity index (χ0v) is 14.2. The van der Waals surface area contributed by atoms with Gasteiger partial charge < -0.3 is 19.5 Å². The Morgan fingerprint density at radius 3 is 2.29 bits per heavy atom. The lowest BCUT2D eigenvalue weighted by molar-refractivity contribution is -0.930. The van der Waals surface area contributed by atoms with Gasteiger partial charge in [0.15, 0.2) is 0 Å². The van der Waals surface area contributed by atoms with E-state index in [9.17, 15) is 15.0 Å². The second-order valence-electron chi connectivity index (χ2n) is 5.92. The summed E-state index contributed by atoms with van der Waals surface area (Å²) in [7, 11) is 0. The van der Waals surface area contributed by atoms with Crippen molar-refractivity contribution in [2.75, 3.05) is 26.2 Å². The first-order valence-electron chi connectivity index (χ1n) is 8.29. The van der Waals surface area contributed by atoms with E-state index in [1.54, 1.807) is 0 Å². The van der Waals surface area contributed by atoms with Crippen molar-refractivity contribution in [1.82, 2.24) is 0 Å². The van der Waals surface area contributed by atoms with Crippen molar-refractivity contribution >= 4 is 5.97 Å². The number of likely N-dealkylation sites (N-methyl/N-ethyl adjacent to an activating group) is 1. The van der Waals surface area contributed by atoms with E-state index in [0.717, 1.165) is 32.4 Å². The van der Waals surface area contributed by atoms with E-state index < -0.39 is 11.9 Å². The van der Waals surface area contributed by atoms with Crippen LogP contribution in [0.25, 0.3) is 0 Å². The van der Waals surface area contributed by atoms with Gasteiger partial charge in [0.05, 0.1) is 25.6 Å². The lowest BCUT2D eigenvalue weighted by Gasteiger charge is -2.41. The van der Waals surface area contributed by atoms with E-state index in [2.05, 4.69) is 19.9 Å². The normalized spacial score (nSPS) is 15.3. The minimum atomic E-state index is -0.968. The van der Waals surface area contributed by atoms with Crippen LogP contribution >= 0.6 is 0 Å². The summed E-state index contributed by atoms with van der Waals surface area (Å²) in [6.07, 6.45) is 7.08. The summed E-state index contributed by atoms with van der Waals surface area (Å²) in [4.78, 5) is 11.2. The number of nitrogens with zero attached hydrogens (tertiary/aromatic N) is 1. The van der Waals surface area contributed by atoms with Gasteiger partial charge in [0, 0.05) is 5.92 Å². The maximum Gasteiger partial charge on any atom is 0.105 e. The van der Waals surface area contributed by atoms with Crippen molar-refractivity contribution in [2.45, 2.75) is 59.5 Å². The quantitative estimate of drug-likeness (QED) is 0.339. The SMILES string of the molecule is C/C=C/CCCC(O)C[N+](CC)(CC)CC(CC)C(=O)[O-]. The van der Waals surface area contributed by atoms with Gasteiger partial charge in [-0.05, 0) is 46.5 Å². The Labute approximate surface area is 130 Å². The van der Waals surface area contributed by atoms with Gasteiger partial charge >= 0.3 is 0 Å². The lowest BCUT2D eigenvalue weighted by atomic mass is 10.0. The van der Waals surface area contributed by atoms with Crippen LogP contribution in [0.3, 0.4) is 0 Å². The summed E-state index contributed by atoms with van der Waals surface area (Å²) < 4.78 is 0.650. The largest absolute Gasteiger partial charge is 0.550 e. The molecule has 0 aliphatic rings. The molecule has 0 aromatic heterocycles. The predicted molar refractivity (Wildman–Crippen MR) is 84.5 cm³/mol. The Bertz CT molecular complexity index is 311. The van der Waals surface area contributed by atoms with Crippen LogP contribution < -0.4 is 5.11 Å². The zero-order chi connectivity index (χ0) is 16.3. The van der Waals surface area contributed by atoms with Crippen molar-refractivity contribution in [1.29, 1.82) is 0 Å². The Balaban J connectivity index is 4.59. The number of carboxylic acid groups (broad SMARTS) is 1. The molecule has 2 atom stereocenters. The maximum atomic E-state index is 11.2. The van der Waals surface area contributed by atoms with E-state index in [4.69, 9.17) is 0 Å². The second-order valence-corrected chi connectivity index (χ2v) is 5.92. The fourth-order valence-corrected chi connectivity index (χ4v) is 2.83. The van der Waals surface area contributed by atoms with Crippen LogP contribution in [0.4, 0.5) is 0 Å². The molecule has 0 heterocycles.